The Labute approximate surface area is 168 Å². The van der Waals surface area contributed by atoms with Gasteiger partial charge in [-0.1, -0.05) is 12.1 Å². The van der Waals surface area contributed by atoms with Crippen molar-refractivity contribution in [3.8, 4) is 0 Å². The second kappa shape index (κ2) is 8.07. The summed E-state index contributed by atoms with van der Waals surface area (Å²) in [5, 5.41) is 0.928. The largest absolute Gasteiger partial charge is 0.464 e. The number of likely N-dealkylation sites (N-methyl/N-ethyl adjacent to an activating group) is 1. The van der Waals surface area contributed by atoms with Gasteiger partial charge < -0.3 is 14.1 Å². The van der Waals surface area contributed by atoms with Crippen LogP contribution >= 0.6 is 0 Å². The van der Waals surface area contributed by atoms with Gasteiger partial charge in [-0.25, -0.2) is 4.39 Å². The summed E-state index contributed by atoms with van der Waals surface area (Å²) in [5.74, 6) is -1.19. The van der Waals surface area contributed by atoms with E-state index in [2.05, 4.69) is 12.1 Å². The number of benzene rings is 2. The molecule has 0 saturated carbocycles. The second-order valence-corrected chi connectivity index (χ2v) is 7.45. The number of amides is 1. The van der Waals surface area contributed by atoms with Crippen molar-refractivity contribution in [1.82, 2.24) is 4.90 Å². The summed E-state index contributed by atoms with van der Waals surface area (Å²) in [6.07, 6.45) is 4.89. The Morgan fingerprint density at radius 1 is 1.17 bits per heavy atom. The molecule has 6 heteroatoms. The van der Waals surface area contributed by atoms with Crippen molar-refractivity contribution in [3.63, 3.8) is 0 Å². The van der Waals surface area contributed by atoms with Crippen LogP contribution in [0.1, 0.15) is 28.7 Å². The minimum atomic E-state index is -0.485. The van der Waals surface area contributed by atoms with Crippen LogP contribution in [0.3, 0.4) is 0 Å². The van der Waals surface area contributed by atoms with Gasteiger partial charge in [0.2, 0.25) is 0 Å². The van der Waals surface area contributed by atoms with E-state index in [9.17, 15) is 14.0 Å². The van der Waals surface area contributed by atoms with Crippen LogP contribution in [0.4, 0.5) is 4.39 Å². The molecule has 3 aromatic rings. The number of nitrogens with zero attached hydrogens (tertiary/aromatic N) is 1. The van der Waals surface area contributed by atoms with Gasteiger partial charge in [0.05, 0.1) is 12.7 Å². The number of furan rings is 1. The summed E-state index contributed by atoms with van der Waals surface area (Å²) in [6, 6.07) is 10.2. The third-order valence-corrected chi connectivity index (χ3v) is 5.29. The Morgan fingerprint density at radius 3 is 2.76 bits per heavy atom. The first kappa shape index (κ1) is 19.2. The van der Waals surface area contributed by atoms with Gasteiger partial charge in [0.25, 0.3) is 5.91 Å². The van der Waals surface area contributed by atoms with E-state index >= 15 is 0 Å². The summed E-state index contributed by atoms with van der Waals surface area (Å²) >= 11 is 0. The molecule has 0 bridgehead atoms. The average molecular weight is 395 g/mol. The molecule has 0 unspecified atom stereocenters. The molecule has 4 rings (SSSR count). The quantitative estimate of drug-likeness (QED) is 0.596. The van der Waals surface area contributed by atoms with Crippen molar-refractivity contribution in [2.24, 2.45) is 0 Å². The van der Waals surface area contributed by atoms with E-state index in [4.69, 9.17) is 9.15 Å². The lowest BCUT2D eigenvalue weighted by molar-refractivity contribution is -0.151. The zero-order chi connectivity index (χ0) is 20.4. The third-order valence-electron chi connectivity index (χ3n) is 5.29. The molecule has 0 spiro atoms. The fourth-order valence-corrected chi connectivity index (χ4v) is 3.74. The van der Waals surface area contributed by atoms with E-state index in [0.29, 0.717) is 5.56 Å². The number of carbonyl (C=O) groups is 2. The normalized spacial score (nSPS) is 12.8. The molecule has 0 radical (unpaired) electrons. The van der Waals surface area contributed by atoms with Gasteiger partial charge in [0.1, 0.15) is 11.4 Å². The highest BCUT2D eigenvalue weighted by Gasteiger charge is 2.18. The first-order chi connectivity index (χ1) is 14.0. The summed E-state index contributed by atoms with van der Waals surface area (Å²) < 4.78 is 24.0. The van der Waals surface area contributed by atoms with Gasteiger partial charge in [-0.05, 0) is 60.2 Å². The molecule has 1 aliphatic rings. The van der Waals surface area contributed by atoms with Gasteiger partial charge in [-0.15, -0.1) is 0 Å². The standard InChI is InChI=1S/C23H22FNO4/c1-25(12-15-4-2-7-19(24)8-15)22(26)14-29-23(27)11-18-13-28-21-10-17-6-3-5-16(17)9-20(18)21/h2,4,7-10,13H,3,5-6,11-12,14H2,1H3. The van der Waals surface area contributed by atoms with Crippen LogP contribution in [-0.2, 0) is 40.1 Å². The number of rotatable bonds is 6. The van der Waals surface area contributed by atoms with Gasteiger partial charge >= 0.3 is 5.97 Å². The Bertz CT molecular complexity index is 1070. The number of hydrogen-bond donors (Lipinski definition) is 0. The van der Waals surface area contributed by atoms with Crippen molar-refractivity contribution in [2.45, 2.75) is 32.2 Å². The number of hydrogen-bond acceptors (Lipinski definition) is 4. The lowest BCUT2D eigenvalue weighted by Gasteiger charge is -2.17. The van der Waals surface area contributed by atoms with Crippen LogP contribution in [-0.4, -0.2) is 30.4 Å². The van der Waals surface area contributed by atoms with Crippen LogP contribution in [0.5, 0.6) is 0 Å². The number of carbonyl (C=O) groups excluding carboxylic acids is 2. The first-order valence-electron chi connectivity index (χ1n) is 9.65. The summed E-state index contributed by atoms with van der Waals surface area (Å²) in [5.41, 5.74) is 4.83. The lowest BCUT2D eigenvalue weighted by atomic mass is 10.0. The molecule has 1 aliphatic carbocycles. The lowest BCUT2D eigenvalue weighted by Crippen LogP contribution is -2.31. The Balaban J connectivity index is 1.33. The maximum atomic E-state index is 13.3. The fourth-order valence-electron chi connectivity index (χ4n) is 3.74. The molecule has 0 N–H and O–H groups in total. The highest BCUT2D eigenvalue weighted by molar-refractivity contribution is 5.88. The van der Waals surface area contributed by atoms with E-state index < -0.39 is 5.97 Å². The summed E-state index contributed by atoms with van der Waals surface area (Å²) in [7, 11) is 1.59. The Kier molecular flexibility index (Phi) is 5.34. The average Bonchev–Trinajstić information content (AvgIpc) is 3.31. The van der Waals surface area contributed by atoms with Crippen LogP contribution in [0.25, 0.3) is 11.0 Å². The molecule has 150 valence electrons. The van der Waals surface area contributed by atoms with E-state index in [1.54, 1.807) is 25.4 Å². The van der Waals surface area contributed by atoms with Crippen molar-refractivity contribution < 1.29 is 23.1 Å². The molecule has 29 heavy (non-hydrogen) atoms. The molecule has 0 saturated heterocycles. The van der Waals surface area contributed by atoms with Crippen molar-refractivity contribution >= 4 is 22.8 Å². The molecule has 0 atom stereocenters. The summed E-state index contributed by atoms with van der Waals surface area (Å²) in [6.45, 7) is -0.110. The SMILES string of the molecule is CN(Cc1cccc(F)c1)C(=O)COC(=O)Cc1coc2cc3c(cc12)CCC3. The topological polar surface area (TPSA) is 59.8 Å². The zero-order valence-corrected chi connectivity index (χ0v) is 16.2. The highest BCUT2D eigenvalue weighted by Crippen LogP contribution is 2.30. The minimum Gasteiger partial charge on any atom is -0.464 e. The zero-order valence-electron chi connectivity index (χ0n) is 16.2. The second-order valence-electron chi connectivity index (χ2n) is 7.45. The number of halogens is 1. The predicted octanol–water partition coefficient (Wildman–Crippen LogP) is 3.80. The minimum absolute atomic E-state index is 0.0483. The Morgan fingerprint density at radius 2 is 1.97 bits per heavy atom. The molecule has 1 aromatic heterocycles. The number of fused-ring (bicyclic) bond motifs is 2. The molecule has 2 aromatic carbocycles. The number of ether oxygens (including phenoxy) is 1. The van der Waals surface area contributed by atoms with E-state index in [0.717, 1.165) is 35.8 Å². The van der Waals surface area contributed by atoms with Crippen LogP contribution in [0.15, 0.2) is 47.1 Å². The maximum absolute atomic E-state index is 13.3. The molecule has 0 fully saturated rings. The molecule has 1 amide bonds. The monoisotopic (exact) mass is 395 g/mol. The molecule has 1 heterocycles. The van der Waals surface area contributed by atoms with Crippen molar-refractivity contribution in [2.75, 3.05) is 13.7 Å². The number of aryl methyl sites for hydroxylation is 2. The smallest absolute Gasteiger partial charge is 0.310 e. The first-order valence-corrected chi connectivity index (χ1v) is 9.65. The van der Waals surface area contributed by atoms with Gasteiger partial charge in [-0.3, -0.25) is 9.59 Å². The highest BCUT2D eigenvalue weighted by atomic mass is 19.1. The van der Waals surface area contributed by atoms with Gasteiger partial charge in [0.15, 0.2) is 6.61 Å². The molecular formula is C23H22FNO4. The molecule has 5 nitrogen and oxygen atoms in total. The van der Waals surface area contributed by atoms with Crippen LogP contribution < -0.4 is 0 Å². The molecular weight excluding hydrogens is 373 g/mol. The maximum Gasteiger partial charge on any atom is 0.310 e. The number of esters is 1. The van der Waals surface area contributed by atoms with E-state index in [-0.39, 0.29) is 31.3 Å². The van der Waals surface area contributed by atoms with E-state index in [1.807, 2.05) is 0 Å². The third kappa shape index (κ3) is 4.31. The summed E-state index contributed by atoms with van der Waals surface area (Å²) in [4.78, 5) is 25.9. The molecule has 0 aliphatic heterocycles. The van der Waals surface area contributed by atoms with Gasteiger partial charge in [-0.2, -0.15) is 0 Å². The van der Waals surface area contributed by atoms with E-state index in [1.165, 1.54) is 28.2 Å². The fraction of sp³-hybridized carbons (Fsp3) is 0.304. The Hall–Kier alpha value is -3.15. The predicted molar refractivity (Wildman–Crippen MR) is 106 cm³/mol. The van der Waals surface area contributed by atoms with Crippen molar-refractivity contribution in [1.29, 1.82) is 0 Å². The van der Waals surface area contributed by atoms with Gasteiger partial charge in [0, 0.05) is 24.5 Å². The van der Waals surface area contributed by atoms with Crippen LogP contribution in [0, 0.1) is 5.82 Å². The van der Waals surface area contributed by atoms with Crippen LogP contribution in [0.2, 0.25) is 0 Å². The van der Waals surface area contributed by atoms with Crippen molar-refractivity contribution in [3.05, 3.63) is 70.7 Å².